The fourth-order valence-corrected chi connectivity index (χ4v) is 7.41. The third kappa shape index (κ3) is 3.36. The second kappa shape index (κ2) is 8.16. The minimum Gasteiger partial charge on any atom is -0.493 e. The second-order valence-corrected chi connectivity index (χ2v) is 9.34. The summed E-state index contributed by atoms with van der Waals surface area (Å²) in [6, 6.07) is 28.4. The molecule has 132 valence electrons. The van der Waals surface area contributed by atoms with Gasteiger partial charge in [0.05, 0.1) is 14.2 Å². The Morgan fingerprint density at radius 1 is 0.769 bits per heavy atom. The third-order valence-electron chi connectivity index (χ3n) is 4.48. The van der Waals surface area contributed by atoms with Crippen LogP contribution in [0, 0.1) is 0 Å². The SMILES string of the molecule is COC(=O)C[P+](c1ccccc1)(c1ccccc1)c1ccccc1OC. The van der Waals surface area contributed by atoms with Gasteiger partial charge in [-0.2, -0.15) is 0 Å². The minimum absolute atomic E-state index is 0.225. The van der Waals surface area contributed by atoms with Crippen LogP contribution in [0.5, 0.6) is 5.75 Å². The smallest absolute Gasteiger partial charge is 0.344 e. The van der Waals surface area contributed by atoms with E-state index in [0.29, 0.717) is 0 Å². The molecule has 0 heterocycles. The summed E-state index contributed by atoms with van der Waals surface area (Å²) in [6.45, 7) is 0. The van der Waals surface area contributed by atoms with Gasteiger partial charge in [0, 0.05) is 0 Å². The Labute approximate surface area is 154 Å². The van der Waals surface area contributed by atoms with E-state index in [2.05, 4.69) is 30.3 Å². The van der Waals surface area contributed by atoms with Gasteiger partial charge in [-0.15, -0.1) is 0 Å². The highest BCUT2D eigenvalue weighted by Crippen LogP contribution is 2.57. The summed E-state index contributed by atoms with van der Waals surface area (Å²) in [5.74, 6) is 0.564. The van der Waals surface area contributed by atoms with Gasteiger partial charge in [-0.3, -0.25) is 0 Å². The van der Waals surface area contributed by atoms with Crippen molar-refractivity contribution in [1.29, 1.82) is 0 Å². The first kappa shape index (κ1) is 18.2. The highest BCUT2D eigenvalue weighted by molar-refractivity contribution is 7.96. The van der Waals surface area contributed by atoms with Crippen LogP contribution >= 0.6 is 7.26 Å². The molecule has 0 atom stereocenters. The molecule has 0 saturated heterocycles. The van der Waals surface area contributed by atoms with Gasteiger partial charge >= 0.3 is 5.97 Å². The van der Waals surface area contributed by atoms with Crippen molar-refractivity contribution in [3.8, 4) is 5.75 Å². The maximum atomic E-state index is 12.5. The second-order valence-electron chi connectivity index (χ2n) is 5.89. The van der Waals surface area contributed by atoms with Crippen LogP contribution in [0.3, 0.4) is 0 Å². The standard InChI is InChI=1S/C22H22O3P/c1-24-20-15-9-10-16-21(20)26(17-22(23)25-2,18-11-5-3-6-12-18)19-13-7-4-8-14-19/h3-16H,17H2,1-2H3/q+1. The van der Waals surface area contributed by atoms with E-state index in [9.17, 15) is 4.79 Å². The first-order chi connectivity index (χ1) is 12.7. The Kier molecular flexibility index (Phi) is 5.70. The Hall–Kier alpha value is -2.64. The van der Waals surface area contributed by atoms with Gasteiger partial charge < -0.3 is 9.47 Å². The van der Waals surface area contributed by atoms with Crippen molar-refractivity contribution in [3.05, 3.63) is 84.9 Å². The first-order valence-corrected chi connectivity index (χ1v) is 10.4. The molecule has 0 aliphatic rings. The fourth-order valence-electron chi connectivity index (χ4n) is 3.26. The van der Waals surface area contributed by atoms with Crippen molar-refractivity contribution in [3.63, 3.8) is 0 Å². The van der Waals surface area contributed by atoms with Gasteiger partial charge in [-0.1, -0.05) is 48.5 Å². The molecule has 26 heavy (non-hydrogen) atoms. The van der Waals surface area contributed by atoms with Crippen molar-refractivity contribution in [2.45, 2.75) is 0 Å². The minimum atomic E-state index is -2.28. The zero-order valence-electron chi connectivity index (χ0n) is 15.0. The molecule has 3 aromatic carbocycles. The van der Waals surface area contributed by atoms with Gasteiger partial charge in [-0.05, 0) is 36.4 Å². The van der Waals surface area contributed by atoms with Crippen LogP contribution in [-0.2, 0) is 9.53 Å². The molecular weight excluding hydrogens is 343 g/mol. The van der Waals surface area contributed by atoms with Gasteiger partial charge in [-0.25, -0.2) is 4.79 Å². The van der Waals surface area contributed by atoms with E-state index >= 15 is 0 Å². The number of benzene rings is 3. The number of hydrogen-bond acceptors (Lipinski definition) is 3. The van der Waals surface area contributed by atoms with Crippen molar-refractivity contribution in [2.24, 2.45) is 0 Å². The predicted molar refractivity (Wildman–Crippen MR) is 109 cm³/mol. The summed E-state index contributed by atoms with van der Waals surface area (Å²) < 4.78 is 10.8. The summed E-state index contributed by atoms with van der Waals surface area (Å²) in [5, 5.41) is 3.30. The zero-order chi connectivity index (χ0) is 18.4. The van der Waals surface area contributed by atoms with E-state index in [0.717, 1.165) is 21.7 Å². The van der Waals surface area contributed by atoms with Crippen molar-refractivity contribution in [1.82, 2.24) is 0 Å². The van der Waals surface area contributed by atoms with Crippen LogP contribution in [0.4, 0.5) is 0 Å². The Balaban J connectivity index is 2.37. The number of carbonyl (C=O) groups excluding carboxylic acids is 1. The lowest BCUT2D eigenvalue weighted by Gasteiger charge is -2.27. The largest absolute Gasteiger partial charge is 0.493 e. The normalized spacial score (nSPS) is 11.0. The summed E-state index contributed by atoms with van der Waals surface area (Å²) in [6.07, 6.45) is 0.290. The van der Waals surface area contributed by atoms with Gasteiger partial charge in [0.25, 0.3) is 0 Å². The number of rotatable bonds is 6. The number of para-hydroxylation sites is 1. The maximum Gasteiger partial charge on any atom is 0.344 e. The van der Waals surface area contributed by atoms with E-state index in [4.69, 9.17) is 9.47 Å². The highest BCUT2D eigenvalue weighted by Gasteiger charge is 2.49. The molecule has 0 aromatic heterocycles. The predicted octanol–water partition coefficient (Wildman–Crippen LogP) is 3.16. The van der Waals surface area contributed by atoms with E-state index in [-0.39, 0.29) is 12.1 Å². The van der Waals surface area contributed by atoms with E-state index in [1.807, 2.05) is 54.6 Å². The van der Waals surface area contributed by atoms with E-state index < -0.39 is 7.26 Å². The van der Waals surface area contributed by atoms with Crippen molar-refractivity contribution < 1.29 is 14.3 Å². The number of methoxy groups -OCH3 is 2. The quantitative estimate of drug-likeness (QED) is 0.497. The van der Waals surface area contributed by atoms with Gasteiger partial charge in [0.15, 0.2) is 11.9 Å². The molecule has 0 saturated carbocycles. The molecule has 3 nitrogen and oxygen atoms in total. The summed E-state index contributed by atoms with van der Waals surface area (Å²) >= 11 is 0. The molecule has 0 amide bonds. The molecular formula is C22H22O3P+. The van der Waals surface area contributed by atoms with Crippen molar-refractivity contribution in [2.75, 3.05) is 20.4 Å². The van der Waals surface area contributed by atoms with Gasteiger partial charge in [0.2, 0.25) is 0 Å². The molecule has 3 rings (SSSR count). The lowest BCUT2D eigenvalue weighted by atomic mass is 10.3. The topological polar surface area (TPSA) is 35.5 Å². The van der Waals surface area contributed by atoms with E-state index in [1.165, 1.54) is 7.11 Å². The molecule has 0 N–H and O–H groups in total. The molecule has 0 bridgehead atoms. The molecule has 0 aliphatic carbocycles. The maximum absolute atomic E-state index is 12.5. The molecule has 4 heteroatoms. The summed E-state index contributed by atoms with van der Waals surface area (Å²) in [4.78, 5) is 12.5. The number of carbonyl (C=O) groups is 1. The van der Waals surface area contributed by atoms with Crippen LogP contribution in [0.2, 0.25) is 0 Å². The van der Waals surface area contributed by atoms with Gasteiger partial charge in [0.1, 0.15) is 23.2 Å². The average molecular weight is 365 g/mol. The molecule has 0 fully saturated rings. The lowest BCUT2D eigenvalue weighted by Crippen LogP contribution is -2.36. The summed E-state index contributed by atoms with van der Waals surface area (Å²) in [5.41, 5.74) is 0. The molecule has 0 spiro atoms. The molecule has 0 radical (unpaired) electrons. The first-order valence-electron chi connectivity index (χ1n) is 8.42. The van der Waals surface area contributed by atoms with Crippen LogP contribution in [0.15, 0.2) is 84.9 Å². The highest BCUT2D eigenvalue weighted by atomic mass is 31.2. The van der Waals surface area contributed by atoms with E-state index in [1.54, 1.807) is 7.11 Å². The van der Waals surface area contributed by atoms with Crippen LogP contribution in [-0.4, -0.2) is 26.4 Å². The van der Waals surface area contributed by atoms with Crippen LogP contribution in [0.1, 0.15) is 0 Å². The summed E-state index contributed by atoms with van der Waals surface area (Å²) in [7, 11) is 0.828. The Morgan fingerprint density at radius 2 is 1.27 bits per heavy atom. The Bertz CT molecular complexity index is 823. The number of ether oxygens (including phenoxy) is 2. The number of esters is 1. The van der Waals surface area contributed by atoms with Crippen LogP contribution < -0.4 is 20.7 Å². The molecule has 0 unspecified atom stereocenters. The zero-order valence-corrected chi connectivity index (χ0v) is 15.9. The monoisotopic (exact) mass is 365 g/mol. The van der Waals surface area contributed by atoms with Crippen LogP contribution in [0.25, 0.3) is 0 Å². The molecule has 3 aromatic rings. The fraction of sp³-hybridized carbons (Fsp3) is 0.136. The van der Waals surface area contributed by atoms with Crippen molar-refractivity contribution >= 4 is 29.1 Å². The number of hydrogen-bond donors (Lipinski definition) is 0. The lowest BCUT2D eigenvalue weighted by molar-refractivity contribution is -0.137. The third-order valence-corrected chi connectivity index (χ3v) is 8.77. The molecule has 0 aliphatic heterocycles. The Morgan fingerprint density at radius 3 is 1.77 bits per heavy atom. The average Bonchev–Trinajstić information content (AvgIpc) is 2.73.